The standard InChI is InChI=1S/C31H27N3O7/c1-16(2)28(31(38)41-15-23(35)32-17-8-7-9-18(14-17)34(39)40)33-29(36)26-24-19-10-3-4-11-20(19)25(27(26)30(33)37)22-13-6-5-12-21(22)24/h3-14,16,24-28H,15H2,1-2H3,(H,32,35)/t24?,25?,26-,27+,28-/m1/s1. The van der Waals surface area contributed by atoms with Crippen molar-refractivity contribution in [1.29, 1.82) is 0 Å². The van der Waals surface area contributed by atoms with Crippen LogP contribution in [0.1, 0.15) is 47.9 Å². The zero-order valence-electron chi connectivity index (χ0n) is 22.4. The Morgan fingerprint density at radius 2 is 1.39 bits per heavy atom. The second-order valence-electron chi connectivity index (χ2n) is 11.0. The van der Waals surface area contributed by atoms with Crippen LogP contribution in [0.4, 0.5) is 11.4 Å². The summed E-state index contributed by atoms with van der Waals surface area (Å²) in [6.45, 7) is 2.75. The molecule has 0 aromatic heterocycles. The van der Waals surface area contributed by atoms with Gasteiger partial charge in [0.2, 0.25) is 11.8 Å². The van der Waals surface area contributed by atoms with Crippen molar-refractivity contribution in [2.24, 2.45) is 17.8 Å². The van der Waals surface area contributed by atoms with E-state index < -0.39 is 59.0 Å². The number of hydrogen-bond acceptors (Lipinski definition) is 7. The van der Waals surface area contributed by atoms with Gasteiger partial charge in [0, 0.05) is 29.7 Å². The minimum atomic E-state index is -1.21. The van der Waals surface area contributed by atoms with Gasteiger partial charge in [-0.25, -0.2) is 4.79 Å². The number of hydrogen-bond donors (Lipinski definition) is 1. The molecule has 208 valence electrons. The third-order valence-corrected chi connectivity index (χ3v) is 8.32. The number of likely N-dealkylation sites (tertiary alicyclic amines) is 1. The number of carbonyl (C=O) groups excluding carboxylic acids is 4. The number of imide groups is 1. The summed E-state index contributed by atoms with van der Waals surface area (Å²) in [4.78, 5) is 65.4. The highest BCUT2D eigenvalue weighted by Gasteiger charge is 2.63. The molecule has 3 atom stereocenters. The minimum Gasteiger partial charge on any atom is -0.454 e. The summed E-state index contributed by atoms with van der Waals surface area (Å²) < 4.78 is 5.30. The summed E-state index contributed by atoms with van der Waals surface area (Å²) in [5.74, 6) is -4.74. The Hall–Kier alpha value is -4.86. The van der Waals surface area contributed by atoms with Gasteiger partial charge >= 0.3 is 5.97 Å². The fraction of sp³-hybridized carbons (Fsp3) is 0.290. The number of nitro groups is 1. The molecule has 41 heavy (non-hydrogen) atoms. The van der Waals surface area contributed by atoms with Crippen molar-refractivity contribution in [2.45, 2.75) is 31.7 Å². The van der Waals surface area contributed by atoms with Gasteiger partial charge in [0.05, 0.1) is 16.8 Å². The topological polar surface area (TPSA) is 136 Å². The maximum atomic E-state index is 14.0. The molecular formula is C31H27N3O7. The van der Waals surface area contributed by atoms with Crippen molar-refractivity contribution >= 4 is 35.1 Å². The Morgan fingerprint density at radius 1 is 0.878 bits per heavy atom. The van der Waals surface area contributed by atoms with Gasteiger partial charge in [0.25, 0.3) is 11.6 Å². The van der Waals surface area contributed by atoms with E-state index in [0.717, 1.165) is 27.2 Å². The first-order chi connectivity index (χ1) is 19.7. The molecule has 10 heteroatoms. The summed E-state index contributed by atoms with van der Waals surface area (Å²) >= 11 is 0. The molecule has 2 bridgehead atoms. The summed E-state index contributed by atoms with van der Waals surface area (Å²) in [6.07, 6.45) is 0. The number of rotatable bonds is 7. The van der Waals surface area contributed by atoms with Gasteiger partial charge in [0.15, 0.2) is 6.61 Å². The monoisotopic (exact) mass is 553 g/mol. The van der Waals surface area contributed by atoms with Crippen LogP contribution in [0.25, 0.3) is 0 Å². The van der Waals surface area contributed by atoms with E-state index in [9.17, 15) is 29.3 Å². The van der Waals surface area contributed by atoms with Crippen LogP contribution in [0.5, 0.6) is 0 Å². The molecule has 3 amide bonds. The third-order valence-electron chi connectivity index (χ3n) is 8.32. The Kier molecular flexibility index (Phi) is 6.40. The first kappa shape index (κ1) is 26.4. The number of esters is 1. The third kappa shape index (κ3) is 4.18. The molecule has 3 aromatic carbocycles. The van der Waals surface area contributed by atoms with Crippen LogP contribution in [0, 0.1) is 27.9 Å². The predicted octanol–water partition coefficient (Wildman–Crippen LogP) is 3.99. The Morgan fingerprint density at radius 3 is 1.85 bits per heavy atom. The van der Waals surface area contributed by atoms with Crippen LogP contribution in [-0.2, 0) is 23.9 Å². The van der Waals surface area contributed by atoms with E-state index in [1.807, 2.05) is 48.5 Å². The Bertz CT molecular complexity index is 1500. The number of non-ortho nitro benzene ring substituents is 1. The molecule has 4 aliphatic rings. The normalized spacial score (nSPS) is 22.6. The van der Waals surface area contributed by atoms with Gasteiger partial charge in [-0.3, -0.25) is 29.4 Å². The second kappa shape index (κ2) is 9.96. The molecule has 3 aromatic rings. The highest BCUT2D eigenvalue weighted by atomic mass is 16.6. The fourth-order valence-electron chi connectivity index (χ4n) is 6.77. The maximum Gasteiger partial charge on any atom is 0.330 e. The van der Waals surface area contributed by atoms with Gasteiger partial charge in [-0.1, -0.05) is 68.4 Å². The summed E-state index contributed by atoms with van der Waals surface area (Å²) in [5.41, 5.74) is 4.09. The summed E-state index contributed by atoms with van der Waals surface area (Å²) in [6, 6.07) is 19.9. The average Bonchev–Trinajstić information content (AvgIpc) is 3.22. The van der Waals surface area contributed by atoms with Crippen molar-refractivity contribution in [3.63, 3.8) is 0 Å². The number of nitro benzene ring substituents is 1. The first-order valence-corrected chi connectivity index (χ1v) is 13.4. The quantitative estimate of drug-likeness (QED) is 0.202. The number of amides is 3. The van der Waals surface area contributed by atoms with Crippen molar-refractivity contribution in [1.82, 2.24) is 4.90 Å². The molecule has 10 nitrogen and oxygen atoms in total. The molecule has 3 aliphatic carbocycles. The Balaban J connectivity index is 1.24. The molecule has 1 fully saturated rings. The minimum absolute atomic E-state index is 0.171. The number of ether oxygens (including phenoxy) is 1. The summed E-state index contributed by atoms with van der Waals surface area (Å²) in [5, 5.41) is 13.5. The number of nitrogens with one attached hydrogen (secondary N) is 1. The van der Waals surface area contributed by atoms with Crippen LogP contribution < -0.4 is 5.32 Å². The van der Waals surface area contributed by atoms with E-state index in [1.54, 1.807) is 13.8 Å². The lowest BCUT2D eigenvalue weighted by atomic mass is 9.55. The largest absolute Gasteiger partial charge is 0.454 e. The number of nitrogens with zero attached hydrogens (tertiary/aromatic N) is 2. The predicted molar refractivity (Wildman–Crippen MR) is 147 cm³/mol. The second-order valence-corrected chi connectivity index (χ2v) is 11.0. The molecule has 1 saturated heterocycles. The lowest BCUT2D eigenvalue weighted by molar-refractivity contribution is -0.384. The van der Waals surface area contributed by atoms with E-state index in [2.05, 4.69) is 5.32 Å². The molecule has 1 N–H and O–H groups in total. The van der Waals surface area contributed by atoms with Crippen LogP contribution in [0.3, 0.4) is 0 Å². The zero-order chi connectivity index (χ0) is 29.0. The van der Waals surface area contributed by atoms with Crippen molar-refractivity contribution < 1.29 is 28.8 Å². The first-order valence-electron chi connectivity index (χ1n) is 13.4. The molecule has 7 rings (SSSR count). The maximum absolute atomic E-state index is 14.0. The fourth-order valence-corrected chi connectivity index (χ4v) is 6.77. The van der Waals surface area contributed by atoms with Crippen molar-refractivity contribution in [3.8, 4) is 0 Å². The molecule has 1 aliphatic heterocycles. The van der Waals surface area contributed by atoms with Gasteiger partial charge in [-0.05, 0) is 34.2 Å². The van der Waals surface area contributed by atoms with Crippen molar-refractivity contribution in [3.05, 3.63) is 105 Å². The van der Waals surface area contributed by atoms with E-state index >= 15 is 0 Å². The van der Waals surface area contributed by atoms with Gasteiger partial charge in [-0.2, -0.15) is 0 Å². The smallest absolute Gasteiger partial charge is 0.330 e. The van der Waals surface area contributed by atoms with Crippen LogP contribution in [0.15, 0.2) is 72.8 Å². The van der Waals surface area contributed by atoms with E-state index in [0.29, 0.717) is 0 Å². The summed E-state index contributed by atoms with van der Waals surface area (Å²) in [7, 11) is 0. The molecule has 0 radical (unpaired) electrons. The van der Waals surface area contributed by atoms with Crippen LogP contribution in [-0.4, -0.2) is 46.2 Å². The molecule has 0 unspecified atom stereocenters. The van der Waals surface area contributed by atoms with E-state index in [4.69, 9.17) is 4.74 Å². The molecule has 0 saturated carbocycles. The lowest BCUT2D eigenvalue weighted by Crippen LogP contribution is -2.49. The van der Waals surface area contributed by atoms with E-state index in [1.165, 1.54) is 24.3 Å². The van der Waals surface area contributed by atoms with Crippen LogP contribution in [0.2, 0.25) is 0 Å². The number of carbonyl (C=O) groups is 4. The highest BCUT2D eigenvalue weighted by molar-refractivity contribution is 6.10. The number of anilines is 1. The number of benzene rings is 3. The SMILES string of the molecule is CC(C)[C@H](C(=O)OCC(=O)Nc1cccc([N+](=O)[O-])c1)N1C(=O)[C@@H]2C3c4ccccc4C(c4ccccc43)[C@@H]2C1=O. The average molecular weight is 554 g/mol. The van der Waals surface area contributed by atoms with Crippen molar-refractivity contribution in [2.75, 3.05) is 11.9 Å². The molecule has 1 heterocycles. The van der Waals surface area contributed by atoms with Gasteiger partial charge < -0.3 is 10.1 Å². The molecular weight excluding hydrogens is 526 g/mol. The lowest BCUT2D eigenvalue weighted by Gasteiger charge is -2.45. The van der Waals surface area contributed by atoms with E-state index in [-0.39, 0.29) is 23.2 Å². The van der Waals surface area contributed by atoms with Gasteiger partial charge in [-0.15, -0.1) is 0 Å². The Labute approximate surface area is 235 Å². The highest BCUT2D eigenvalue weighted by Crippen LogP contribution is 2.61. The van der Waals surface area contributed by atoms with Crippen LogP contribution >= 0.6 is 0 Å². The zero-order valence-corrected chi connectivity index (χ0v) is 22.4. The van der Waals surface area contributed by atoms with Gasteiger partial charge in [0.1, 0.15) is 6.04 Å². The molecule has 0 spiro atoms.